The van der Waals surface area contributed by atoms with Crippen molar-refractivity contribution in [2.75, 3.05) is 0 Å². The molecule has 0 saturated heterocycles. The molecule has 1 saturated carbocycles. The number of hydrogen-bond donors (Lipinski definition) is 1. The molecule has 0 aromatic carbocycles. The summed E-state index contributed by atoms with van der Waals surface area (Å²) in [5.74, 6) is 2.19. The lowest BCUT2D eigenvalue weighted by Crippen LogP contribution is -2.44. The van der Waals surface area contributed by atoms with E-state index in [4.69, 9.17) is 4.42 Å². The molecule has 2 heterocycles. The summed E-state index contributed by atoms with van der Waals surface area (Å²) in [6, 6.07) is 2.18. The van der Waals surface area contributed by atoms with Crippen LogP contribution in [0.5, 0.6) is 0 Å². The highest BCUT2D eigenvalue weighted by atomic mass is 32.2. The van der Waals surface area contributed by atoms with Crippen molar-refractivity contribution >= 4 is 17.7 Å². The Hall–Kier alpha value is -1.76. The van der Waals surface area contributed by atoms with Crippen LogP contribution in [-0.4, -0.2) is 32.0 Å². The van der Waals surface area contributed by atoms with Crippen LogP contribution in [0, 0.1) is 12.8 Å². The summed E-state index contributed by atoms with van der Waals surface area (Å²) in [6.45, 7) is 6.05. The molecule has 7 heteroatoms. The third-order valence-electron chi connectivity index (χ3n) is 5.03. The quantitative estimate of drug-likeness (QED) is 0.823. The molecule has 6 nitrogen and oxygen atoms in total. The minimum atomic E-state index is -0.213. The maximum Gasteiger partial charge on any atom is 0.233 e. The molecule has 2 aromatic heterocycles. The van der Waals surface area contributed by atoms with Gasteiger partial charge in [0.25, 0.3) is 0 Å². The Morgan fingerprint density at radius 1 is 1.40 bits per heavy atom. The highest BCUT2D eigenvalue weighted by Crippen LogP contribution is 2.29. The first-order valence-corrected chi connectivity index (χ1v) is 9.76. The van der Waals surface area contributed by atoms with Gasteiger partial charge in [0.2, 0.25) is 5.91 Å². The van der Waals surface area contributed by atoms with Gasteiger partial charge in [0.15, 0.2) is 11.0 Å². The zero-order valence-corrected chi connectivity index (χ0v) is 16.1. The number of hydrogen-bond acceptors (Lipinski definition) is 5. The van der Waals surface area contributed by atoms with Crippen molar-refractivity contribution in [1.82, 2.24) is 20.1 Å². The van der Waals surface area contributed by atoms with E-state index in [0.29, 0.717) is 12.0 Å². The fourth-order valence-electron chi connectivity index (χ4n) is 3.31. The van der Waals surface area contributed by atoms with Crippen molar-refractivity contribution in [2.24, 2.45) is 13.0 Å². The van der Waals surface area contributed by atoms with Crippen molar-refractivity contribution in [1.29, 1.82) is 0 Å². The maximum atomic E-state index is 12.6. The van der Waals surface area contributed by atoms with Crippen LogP contribution in [0.2, 0.25) is 0 Å². The molecule has 1 aliphatic carbocycles. The monoisotopic (exact) mass is 362 g/mol. The fourth-order valence-corrected chi connectivity index (χ4v) is 4.14. The lowest BCUT2D eigenvalue weighted by molar-refractivity contribution is -0.121. The number of aryl methyl sites for hydroxylation is 1. The van der Waals surface area contributed by atoms with Crippen LogP contribution in [0.4, 0.5) is 0 Å². The Kier molecular flexibility index (Phi) is 5.51. The molecule has 1 N–H and O–H groups in total. The average Bonchev–Trinajstić information content (AvgIpc) is 3.16. The predicted molar refractivity (Wildman–Crippen MR) is 98.3 cm³/mol. The second-order valence-electron chi connectivity index (χ2n) is 6.89. The molecule has 2 aromatic rings. The molecule has 25 heavy (non-hydrogen) atoms. The first-order valence-electron chi connectivity index (χ1n) is 8.88. The van der Waals surface area contributed by atoms with Gasteiger partial charge in [-0.05, 0) is 38.7 Å². The summed E-state index contributed by atoms with van der Waals surface area (Å²) in [5.41, 5.74) is 0.926. The average molecular weight is 362 g/mol. The number of aromatic nitrogens is 3. The highest BCUT2D eigenvalue weighted by molar-refractivity contribution is 8.00. The van der Waals surface area contributed by atoms with E-state index in [2.05, 4.69) is 22.4 Å². The van der Waals surface area contributed by atoms with E-state index in [1.807, 2.05) is 31.5 Å². The number of rotatable bonds is 5. The van der Waals surface area contributed by atoms with Gasteiger partial charge in [0.1, 0.15) is 5.76 Å². The molecule has 0 aliphatic heterocycles. The van der Waals surface area contributed by atoms with Crippen LogP contribution in [0.1, 0.15) is 45.3 Å². The van der Waals surface area contributed by atoms with Crippen molar-refractivity contribution in [2.45, 2.75) is 62.9 Å². The van der Waals surface area contributed by atoms with Gasteiger partial charge in [-0.25, -0.2) is 0 Å². The van der Waals surface area contributed by atoms with E-state index in [0.717, 1.165) is 28.7 Å². The first kappa shape index (κ1) is 18.0. The van der Waals surface area contributed by atoms with Crippen LogP contribution in [-0.2, 0) is 11.8 Å². The Bertz CT molecular complexity index is 739. The van der Waals surface area contributed by atoms with Gasteiger partial charge in [0.05, 0.1) is 17.1 Å². The summed E-state index contributed by atoms with van der Waals surface area (Å²) in [5, 5.41) is 12.2. The van der Waals surface area contributed by atoms with Crippen LogP contribution in [0.15, 0.2) is 21.9 Å². The van der Waals surface area contributed by atoms with Gasteiger partial charge in [0, 0.05) is 13.1 Å². The Labute approximate surface area is 152 Å². The van der Waals surface area contributed by atoms with Crippen LogP contribution in [0.3, 0.4) is 0 Å². The molecule has 0 unspecified atom stereocenters. The molecule has 0 spiro atoms. The molecule has 136 valence electrons. The van der Waals surface area contributed by atoms with E-state index in [9.17, 15) is 4.79 Å². The molecule has 3 rings (SSSR count). The Balaban J connectivity index is 1.65. The second-order valence-corrected chi connectivity index (χ2v) is 8.20. The number of amides is 1. The number of nitrogens with zero attached hydrogens (tertiary/aromatic N) is 3. The molecule has 1 aliphatic rings. The lowest BCUT2D eigenvalue weighted by Gasteiger charge is -2.30. The zero-order chi connectivity index (χ0) is 18.0. The summed E-state index contributed by atoms with van der Waals surface area (Å²) >= 11 is 1.44. The SMILES string of the molecule is Cc1occc1-c1nnc(S[C@@H](C)C(=O)N[C@H]2CCCC[C@@H]2C)n1C. The topological polar surface area (TPSA) is 72.9 Å². The summed E-state index contributed by atoms with van der Waals surface area (Å²) in [4.78, 5) is 12.6. The maximum absolute atomic E-state index is 12.6. The molecule has 0 radical (unpaired) electrons. The third-order valence-corrected chi connectivity index (χ3v) is 6.16. The predicted octanol–water partition coefficient (Wildman–Crippen LogP) is 3.56. The Morgan fingerprint density at radius 2 is 2.16 bits per heavy atom. The van der Waals surface area contributed by atoms with E-state index in [-0.39, 0.29) is 11.2 Å². The van der Waals surface area contributed by atoms with Crippen LogP contribution >= 0.6 is 11.8 Å². The van der Waals surface area contributed by atoms with Crippen molar-refractivity contribution < 1.29 is 9.21 Å². The smallest absolute Gasteiger partial charge is 0.233 e. The number of furan rings is 1. The van der Waals surface area contributed by atoms with Gasteiger partial charge in [-0.1, -0.05) is 31.5 Å². The molecule has 1 amide bonds. The molecule has 3 atom stereocenters. The number of thioether (sulfide) groups is 1. The van der Waals surface area contributed by atoms with E-state index < -0.39 is 0 Å². The van der Waals surface area contributed by atoms with Crippen molar-refractivity contribution in [3.05, 3.63) is 18.1 Å². The van der Waals surface area contributed by atoms with Gasteiger partial charge < -0.3 is 14.3 Å². The van der Waals surface area contributed by atoms with Crippen molar-refractivity contribution in [3.63, 3.8) is 0 Å². The van der Waals surface area contributed by atoms with Gasteiger partial charge >= 0.3 is 0 Å². The number of nitrogens with one attached hydrogen (secondary N) is 1. The van der Waals surface area contributed by atoms with Gasteiger partial charge in [-0.2, -0.15) is 0 Å². The second kappa shape index (κ2) is 7.64. The van der Waals surface area contributed by atoms with Crippen LogP contribution in [0.25, 0.3) is 11.4 Å². The van der Waals surface area contributed by atoms with Crippen LogP contribution < -0.4 is 5.32 Å². The fraction of sp³-hybridized carbons (Fsp3) is 0.611. The van der Waals surface area contributed by atoms with Crippen molar-refractivity contribution in [3.8, 4) is 11.4 Å². The molecular formula is C18H26N4O2S. The van der Waals surface area contributed by atoms with E-state index >= 15 is 0 Å². The Morgan fingerprint density at radius 3 is 2.84 bits per heavy atom. The zero-order valence-electron chi connectivity index (χ0n) is 15.3. The third kappa shape index (κ3) is 3.92. The molecular weight excluding hydrogens is 336 g/mol. The summed E-state index contributed by atoms with van der Waals surface area (Å²) in [7, 11) is 1.91. The molecule has 1 fully saturated rings. The van der Waals surface area contributed by atoms with E-state index in [1.165, 1.54) is 31.0 Å². The highest BCUT2D eigenvalue weighted by Gasteiger charge is 2.26. The first-order chi connectivity index (χ1) is 12.0. The molecule has 0 bridgehead atoms. The largest absolute Gasteiger partial charge is 0.469 e. The normalized spacial score (nSPS) is 21.9. The minimum absolute atomic E-state index is 0.0767. The number of carbonyl (C=O) groups is 1. The summed E-state index contributed by atoms with van der Waals surface area (Å²) < 4.78 is 7.26. The van der Waals surface area contributed by atoms with Gasteiger partial charge in [-0.3, -0.25) is 4.79 Å². The lowest BCUT2D eigenvalue weighted by atomic mass is 9.86. The summed E-state index contributed by atoms with van der Waals surface area (Å²) in [6.07, 6.45) is 6.40. The van der Waals surface area contributed by atoms with E-state index in [1.54, 1.807) is 6.26 Å². The minimum Gasteiger partial charge on any atom is -0.469 e. The standard InChI is InChI=1S/C18H26N4O2S/c1-11-7-5-6-8-15(11)19-17(23)13(3)25-18-21-20-16(22(18)4)14-9-10-24-12(14)2/h9-11,13,15H,5-8H2,1-4H3,(H,19,23)/t11-,13-,15-/m0/s1. The number of carbonyl (C=O) groups excluding carboxylic acids is 1. The van der Waals surface area contributed by atoms with Gasteiger partial charge in [-0.15, -0.1) is 10.2 Å².